The van der Waals surface area contributed by atoms with Crippen LogP contribution in [0, 0.1) is 13.8 Å². The highest BCUT2D eigenvalue weighted by Gasteiger charge is 2.12. The number of thiol groups is 1. The molecule has 0 fully saturated rings. The molecule has 0 saturated carbocycles. The summed E-state index contributed by atoms with van der Waals surface area (Å²) in [6, 6.07) is 21.1. The van der Waals surface area contributed by atoms with Crippen LogP contribution >= 0.6 is 12.6 Å². The van der Waals surface area contributed by atoms with E-state index in [2.05, 4.69) is 75.0 Å². The zero-order valence-electron chi connectivity index (χ0n) is 17.8. The summed E-state index contributed by atoms with van der Waals surface area (Å²) in [5.74, 6) is 1.11. The van der Waals surface area contributed by atoms with Gasteiger partial charge in [0.1, 0.15) is 12.4 Å². The molecular weight excluding hydrogens is 392 g/mol. The van der Waals surface area contributed by atoms with E-state index in [1.807, 2.05) is 12.1 Å². The minimum Gasteiger partial charge on any atom is -0.497 e. The predicted octanol–water partition coefficient (Wildman–Crippen LogP) is 6.05. The van der Waals surface area contributed by atoms with Crippen LogP contribution in [0.15, 0.2) is 60.7 Å². The molecule has 3 nitrogen and oxygen atoms in total. The van der Waals surface area contributed by atoms with E-state index in [1.165, 1.54) is 22.3 Å². The van der Waals surface area contributed by atoms with E-state index in [1.54, 1.807) is 7.11 Å². The normalized spacial score (nSPS) is 10.7. The van der Waals surface area contributed by atoms with Crippen LogP contribution in [0.2, 0.25) is 0 Å². The molecular formula is C26H28O3S. The molecule has 156 valence electrons. The van der Waals surface area contributed by atoms with Crippen molar-refractivity contribution in [1.82, 2.24) is 0 Å². The summed E-state index contributed by atoms with van der Waals surface area (Å²) in [5, 5.41) is 0. The lowest BCUT2D eigenvalue weighted by Crippen LogP contribution is -2.08. The molecule has 0 spiro atoms. The van der Waals surface area contributed by atoms with Gasteiger partial charge in [0, 0.05) is 12.2 Å². The summed E-state index contributed by atoms with van der Waals surface area (Å²) < 4.78 is 10.6. The molecule has 0 radical (unpaired) electrons. The molecule has 0 atom stereocenters. The van der Waals surface area contributed by atoms with Crippen molar-refractivity contribution in [3.63, 3.8) is 0 Å². The fourth-order valence-corrected chi connectivity index (χ4v) is 3.71. The Labute approximate surface area is 184 Å². The van der Waals surface area contributed by atoms with Gasteiger partial charge in [0.25, 0.3) is 0 Å². The molecule has 0 aromatic heterocycles. The quantitative estimate of drug-likeness (QED) is 0.356. The van der Waals surface area contributed by atoms with Crippen molar-refractivity contribution in [3.8, 4) is 28.0 Å². The number of benzene rings is 3. The van der Waals surface area contributed by atoms with Crippen LogP contribution < -0.4 is 4.74 Å². The maximum atomic E-state index is 12.0. The molecule has 3 rings (SSSR count). The molecule has 3 aromatic rings. The van der Waals surface area contributed by atoms with Gasteiger partial charge in [0.05, 0.1) is 7.11 Å². The first-order chi connectivity index (χ1) is 14.5. The molecule has 0 aliphatic rings. The summed E-state index contributed by atoms with van der Waals surface area (Å²) >= 11 is 4.08. The topological polar surface area (TPSA) is 35.5 Å². The van der Waals surface area contributed by atoms with Gasteiger partial charge in [-0.25, -0.2) is 0 Å². The third kappa shape index (κ3) is 5.45. The fourth-order valence-electron chi connectivity index (χ4n) is 3.62. The molecule has 30 heavy (non-hydrogen) atoms. The van der Waals surface area contributed by atoms with Crippen molar-refractivity contribution in [2.24, 2.45) is 0 Å². The van der Waals surface area contributed by atoms with Gasteiger partial charge in [-0.3, -0.25) is 4.79 Å². The minimum absolute atomic E-state index is 0.205. The summed E-state index contributed by atoms with van der Waals surface area (Å²) in [4.78, 5) is 12.0. The molecule has 0 heterocycles. The maximum absolute atomic E-state index is 12.0. The molecule has 3 aromatic carbocycles. The van der Waals surface area contributed by atoms with E-state index in [0.717, 1.165) is 22.4 Å². The fraction of sp³-hybridized carbons (Fsp3) is 0.269. The van der Waals surface area contributed by atoms with Crippen LogP contribution in [0.4, 0.5) is 0 Å². The molecule has 0 unspecified atom stereocenters. The highest BCUT2D eigenvalue weighted by atomic mass is 32.1. The number of rotatable bonds is 8. The monoisotopic (exact) mass is 420 g/mol. The Bertz CT molecular complexity index is 1030. The first-order valence-corrected chi connectivity index (χ1v) is 10.8. The number of esters is 1. The van der Waals surface area contributed by atoms with Crippen LogP contribution in [-0.4, -0.2) is 25.4 Å². The van der Waals surface area contributed by atoms with Crippen LogP contribution in [0.25, 0.3) is 22.3 Å². The lowest BCUT2D eigenvalue weighted by Gasteiger charge is -2.14. The van der Waals surface area contributed by atoms with Gasteiger partial charge in [-0.2, -0.15) is 12.6 Å². The van der Waals surface area contributed by atoms with E-state index in [9.17, 15) is 4.79 Å². The van der Waals surface area contributed by atoms with Gasteiger partial charge in [0.15, 0.2) is 0 Å². The third-order valence-electron chi connectivity index (χ3n) is 5.13. The van der Waals surface area contributed by atoms with Gasteiger partial charge in [0.2, 0.25) is 0 Å². The molecule has 0 amide bonds. The van der Waals surface area contributed by atoms with Crippen LogP contribution in [0.1, 0.15) is 23.1 Å². The molecule has 4 heteroatoms. The third-order valence-corrected chi connectivity index (χ3v) is 5.31. The largest absolute Gasteiger partial charge is 0.497 e. The number of aryl methyl sites for hydroxylation is 3. The van der Waals surface area contributed by atoms with Crippen molar-refractivity contribution >= 4 is 18.6 Å². The zero-order valence-corrected chi connectivity index (χ0v) is 18.7. The van der Waals surface area contributed by atoms with E-state index >= 15 is 0 Å². The standard InChI is InChI=1S/C26H28O3S/c1-18-5-4-6-20(15-18)24-10-7-21(16-19(24)2)25-11-9-23(28-3)17-22(25)8-12-26(27)29-13-14-30/h4-7,9-11,15-17,30H,8,12-14H2,1-3H3. The molecule has 0 bridgehead atoms. The second-order valence-corrected chi connectivity index (χ2v) is 7.81. The predicted molar refractivity (Wildman–Crippen MR) is 126 cm³/mol. The number of ether oxygens (including phenoxy) is 2. The minimum atomic E-state index is -0.205. The Morgan fingerprint density at radius 3 is 2.40 bits per heavy atom. The number of hydrogen-bond acceptors (Lipinski definition) is 4. The summed E-state index contributed by atoms with van der Waals surface area (Å²) in [7, 11) is 1.65. The van der Waals surface area contributed by atoms with Crippen LogP contribution in [0.5, 0.6) is 5.75 Å². The molecule has 0 saturated heterocycles. The maximum Gasteiger partial charge on any atom is 0.306 e. The molecule has 0 aliphatic heterocycles. The Balaban J connectivity index is 1.90. The molecule has 0 N–H and O–H groups in total. The Morgan fingerprint density at radius 2 is 1.70 bits per heavy atom. The number of carbonyl (C=O) groups excluding carboxylic acids is 1. The van der Waals surface area contributed by atoms with Crippen molar-refractivity contribution in [2.45, 2.75) is 26.7 Å². The first-order valence-electron chi connectivity index (χ1n) is 10.1. The number of methoxy groups -OCH3 is 1. The van der Waals surface area contributed by atoms with Crippen molar-refractivity contribution < 1.29 is 14.3 Å². The SMILES string of the molecule is COc1ccc(-c2ccc(-c3cccc(C)c3)c(C)c2)c(CCC(=O)OCCS)c1. The second-order valence-electron chi connectivity index (χ2n) is 7.37. The van der Waals surface area contributed by atoms with Gasteiger partial charge in [-0.1, -0.05) is 54.1 Å². The lowest BCUT2D eigenvalue weighted by atomic mass is 9.92. The van der Waals surface area contributed by atoms with E-state index in [-0.39, 0.29) is 5.97 Å². The van der Waals surface area contributed by atoms with Crippen molar-refractivity contribution in [3.05, 3.63) is 77.4 Å². The van der Waals surface area contributed by atoms with Crippen molar-refractivity contribution in [2.75, 3.05) is 19.5 Å². The van der Waals surface area contributed by atoms with Crippen LogP contribution in [-0.2, 0) is 16.0 Å². The summed E-state index contributed by atoms with van der Waals surface area (Å²) in [5.41, 5.74) is 8.22. The highest BCUT2D eigenvalue weighted by Crippen LogP contribution is 2.32. The zero-order chi connectivity index (χ0) is 21.5. The second kappa shape index (κ2) is 10.4. The average Bonchev–Trinajstić information content (AvgIpc) is 2.75. The van der Waals surface area contributed by atoms with E-state index in [0.29, 0.717) is 25.2 Å². The van der Waals surface area contributed by atoms with Gasteiger partial charge in [-0.05, 0) is 65.8 Å². The summed E-state index contributed by atoms with van der Waals surface area (Å²) in [6.07, 6.45) is 0.922. The van der Waals surface area contributed by atoms with Gasteiger partial charge >= 0.3 is 5.97 Å². The number of carbonyl (C=O) groups is 1. The lowest BCUT2D eigenvalue weighted by molar-refractivity contribution is -0.142. The van der Waals surface area contributed by atoms with Gasteiger partial charge < -0.3 is 9.47 Å². The Hall–Kier alpha value is -2.72. The van der Waals surface area contributed by atoms with Crippen molar-refractivity contribution in [1.29, 1.82) is 0 Å². The molecule has 0 aliphatic carbocycles. The summed E-state index contributed by atoms with van der Waals surface area (Å²) in [6.45, 7) is 4.59. The van der Waals surface area contributed by atoms with Gasteiger partial charge in [-0.15, -0.1) is 0 Å². The first kappa shape index (κ1) is 22.0. The smallest absolute Gasteiger partial charge is 0.306 e. The Kier molecular flexibility index (Phi) is 7.58. The Morgan fingerprint density at radius 1 is 0.933 bits per heavy atom. The van der Waals surface area contributed by atoms with E-state index in [4.69, 9.17) is 9.47 Å². The number of hydrogen-bond donors (Lipinski definition) is 1. The average molecular weight is 421 g/mol. The highest BCUT2D eigenvalue weighted by molar-refractivity contribution is 7.80. The van der Waals surface area contributed by atoms with E-state index < -0.39 is 0 Å². The van der Waals surface area contributed by atoms with Crippen LogP contribution in [0.3, 0.4) is 0 Å².